The number of ether oxygens (including phenoxy) is 2. The van der Waals surface area contributed by atoms with Gasteiger partial charge in [0.1, 0.15) is 0 Å². The minimum atomic E-state index is -3.74. The lowest BCUT2D eigenvalue weighted by atomic mass is 9.99. The fourth-order valence-electron chi connectivity index (χ4n) is 5.86. The van der Waals surface area contributed by atoms with Crippen molar-refractivity contribution in [3.8, 4) is 0 Å². The lowest BCUT2D eigenvalue weighted by molar-refractivity contribution is -0.253. The Kier molecular flexibility index (Phi) is 9.71. The van der Waals surface area contributed by atoms with E-state index in [2.05, 4.69) is 44.9 Å². The van der Waals surface area contributed by atoms with Gasteiger partial charge in [0, 0.05) is 56.9 Å². The second-order valence-electron chi connectivity index (χ2n) is 11.5. The third-order valence-electron chi connectivity index (χ3n) is 8.26. The molecular formula is C35H39N3O5S. The van der Waals surface area contributed by atoms with Crippen molar-refractivity contribution in [3.05, 3.63) is 131 Å². The van der Waals surface area contributed by atoms with Crippen LogP contribution in [-0.4, -0.2) is 62.2 Å². The Hall–Kier alpha value is -3.57. The third-order valence-corrected chi connectivity index (χ3v) is 9.65. The highest BCUT2D eigenvalue weighted by Gasteiger charge is 2.34. The van der Waals surface area contributed by atoms with Gasteiger partial charge in [0.05, 0.1) is 23.7 Å². The summed E-state index contributed by atoms with van der Waals surface area (Å²) in [6.07, 6.45) is -0.270. The summed E-state index contributed by atoms with van der Waals surface area (Å²) >= 11 is 0. The van der Waals surface area contributed by atoms with E-state index in [1.807, 2.05) is 36.4 Å². The minimum absolute atomic E-state index is 0.0118. The molecule has 2 N–H and O–H groups in total. The molecule has 8 nitrogen and oxygen atoms in total. The molecule has 0 aliphatic carbocycles. The molecule has 44 heavy (non-hydrogen) atoms. The van der Waals surface area contributed by atoms with Crippen LogP contribution in [0.4, 0.5) is 5.69 Å². The number of nitrogens with zero attached hydrogens (tertiary/aromatic N) is 2. The molecule has 6 rings (SSSR count). The first-order chi connectivity index (χ1) is 21.4. The average Bonchev–Trinajstić information content (AvgIpc) is 3.06. The molecule has 0 aromatic heterocycles. The SMILES string of the molecule is O=S(=O)(Nc1cccc([C@@H]2O[C@H](CN3CCN(Cc4ccccc4)CC3)C[C@H](c3ccc(CO)cc3)O2)c1)c1ccccc1. The number of hydrogen-bond acceptors (Lipinski definition) is 7. The van der Waals surface area contributed by atoms with Gasteiger partial charge in [0.15, 0.2) is 6.29 Å². The Bertz CT molecular complexity index is 1590. The predicted octanol–water partition coefficient (Wildman–Crippen LogP) is 5.34. The Morgan fingerprint density at radius 2 is 1.41 bits per heavy atom. The van der Waals surface area contributed by atoms with E-state index in [-0.39, 0.29) is 23.7 Å². The molecule has 2 aliphatic rings. The molecule has 0 bridgehead atoms. The molecule has 230 valence electrons. The Morgan fingerprint density at radius 1 is 0.727 bits per heavy atom. The van der Waals surface area contributed by atoms with Gasteiger partial charge in [0.2, 0.25) is 0 Å². The maximum absolute atomic E-state index is 13.0. The molecule has 0 radical (unpaired) electrons. The molecule has 4 aromatic carbocycles. The molecule has 2 heterocycles. The van der Waals surface area contributed by atoms with Gasteiger partial charge in [0.25, 0.3) is 10.0 Å². The van der Waals surface area contributed by atoms with E-state index < -0.39 is 16.3 Å². The average molecular weight is 614 g/mol. The number of hydrogen-bond donors (Lipinski definition) is 2. The number of sulfonamides is 1. The van der Waals surface area contributed by atoms with Gasteiger partial charge in [-0.1, -0.05) is 84.9 Å². The highest BCUT2D eigenvalue weighted by molar-refractivity contribution is 7.92. The van der Waals surface area contributed by atoms with Crippen molar-refractivity contribution in [2.75, 3.05) is 37.4 Å². The monoisotopic (exact) mass is 613 g/mol. The first-order valence-corrected chi connectivity index (χ1v) is 16.6. The quantitative estimate of drug-likeness (QED) is 0.250. The summed E-state index contributed by atoms with van der Waals surface area (Å²) in [6.45, 7) is 5.65. The zero-order chi connectivity index (χ0) is 30.4. The summed E-state index contributed by atoms with van der Waals surface area (Å²) in [7, 11) is -3.74. The van der Waals surface area contributed by atoms with E-state index in [1.165, 1.54) is 5.56 Å². The molecule has 0 amide bonds. The molecule has 0 unspecified atom stereocenters. The summed E-state index contributed by atoms with van der Waals surface area (Å²) in [5.41, 5.74) is 4.39. The fourth-order valence-corrected chi connectivity index (χ4v) is 6.93. The van der Waals surface area contributed by atoms with Gasteiger partial charge in [-0.15, -0.1) is 0 Å². The van der Waals surface area contributed by atoms with Crippen LogP contribution in [0.5, 0.6) is 0 Å². The smallest absolute Gasteiger partial charge is 0.261 e. The van der Waals surface area contributed by atoms with Crippen LogP contribution in [0, 0.1) is 0 Å². The Balaban J connectivity index is 1.16. The largest absolute Gasteiger partial charge is 0.392 e. The zero-order valence-electron chi connectivity index (χ0n) is 24.7. The molecule has 3 atom stereocenters. The summed E-state index contributed by atoms with van der Waals surface area (Å²) in [5, 5.41) is 9.53. The maximum atomic E-state index is 13.0. The molecule has 2 saturated heterocycles. The van der Waals surface area contributed by atoms with Crippen molar-refractivity contribution in [2.24, 2.45) is 0 Å². The van der Waals surface area contributed by atoms with E-state index in [1.54, 1.807) is 42.5 Å². The van der Waals surface area contributed by atoms with E-state index in [9.17, 15) is 13.5 Å². The van der Waals surface area contributed by atoms with Crippen LogP contribution in [0.3, 0.4) is 0 Å². The number of anilines is 1. The number of aliphatic hydroxyl groups excluding tert-OH is 1. The van der Waals surface area contributed by atoms with Crippen LogP contribution >= 0.6 is 0 Å². The lowest BCUT2D eigenvalue weighted by Gasteiger charge is -2.41. The van der Waals surface area contributed by atoms with Gasteiger partial charge >= 0.3 is 0 Å². The molecule has 0 saturated carbocycles. The van der Waals surface area contributed by atoms with E-state index in [0.717, 1.165) is 56.0 Å². The Morgan fingerprint density at radius 3 is 2.11 bits per heavy atom. The van der Waals surface area contributed by atoms with Crippen molar-refractivity contribution >= 4 is 15.7 Å². The highest BCUT2D eigenvalue weighted by atomic mass is 32.2. The van der Waals surface area contributed by atoms with Gasteiger partial charge in [-0.05, 0) is 41.0 Å². The zero-order valence-corrected chi connectivity index (χ0v) is 25.5. The highest BCUT2D eigenvalue weighted by Crippen LogP contribution is 2.39. The topological polar surface area (TPSA) is 91.3 Å². The Labute approximate surface area is 259 Å². The summed E-state index contributed by atoms with van der Waals surface area (Å²) in [4.78, 5) is 5.16. The van der Waals surface area contributed by atoms with Crippen molar-refractivity contribution in [1.82, 2.24) is 9.80 Å². The van der Waals surface area contributed by atoms with Crippen molar-refractivity contribution in [3.63, 3.8) is 0 Å². The first kappa shape index (κ1) is 30.5. The summed E-state index contributed by atoms with van der Waals surface area (Å²) < 4.78 is 41.7. The van der Waals surface area contributed by atoms with Gasteiger partial charge in [-0.3, -0.25) is 14.5 Å². The molecule has 9 heteroatoms. The van der Waals surface area contributed by atoms with Crippen LogP contribution < -0.4 is 4.72 Å². The van der Waals surface area contributed by atoms with Crippen LogP contribution in [0.15, 0.2) is 114 Å². The van der Waals surface area contributed by atoms with Gasteiger partial charge in [-0.2, -0.15) is 0 Å². The van der Waals surface area contributed by atoms with E-state index >= 15 is 0 Å². The molecule has 0 spiro atoms. The van der Waals surface area contributed by atoms with Gasteiger partial charge in [-0.25, -0.2) is 8.42 Å². The van der Waals surface area contributed by atoms with Crippen LogP contribution in [0.2, 0.25) is 0 Å². The molecule has 2 fully saturated rings. The van der Waals surface area contributed by atoms with E-state index in [0.29, 0.717) is 12.1 Å². The number of nitrogens with one attached hydrogen (secondary N) is 1. The fraction of sp³-hybridized carbons (Fsp3) is 0.314. The second-order valence-corrected chi connectivity index (χ2v) is 13.1. The number of benzene rings is 4. The van der Waals surface area contributed by atoms with Crippen molar-refractivity contribution in [2.45, 2.75) is 43.0 Å². The van der Waals surface area contributed by atoms with Crippen LogP contribution in [0.25, 0.3) is 0 Å². The van der Waals surface area contributed by atoms with E-state index in [4.69, 9.17) is 9.47 Å². The third kappa shape index (κ3) is 7.74. The van der Waals surface area contributed by atoms with Gasteiger partial charge < -0.3 is 14.6 Å². The second kappa shape index (κ2) is 14.0. The first-order valence-electron chi connectivity index (χ1n) is 15.1. The standard InChI is InChI=1S/C35H39N3O5S/c39-26-28-14-16-29(17-15-28)34-23-32(25-38-20-18-37(19-21-38)24-27-8-3-1-4-9-27)42-35(43-34)30-10-7-11-31(22-30)36-44(40,41)33-12-5-2-6-13-33/h1-17,22,32,34-36,39H,18-21,23-26H2/t32-,34+,35+/m0/s1. The molecule has 4 aromatic rings. The van der Waals surface area contributed by atoms with Crippen molar-refractivity contribution < 1.29 is 23.0 Å². The summed E-state index contributed by atoms with van der Waals surface area (Å²) in [5.74, 6) is 0. The summed E-state index contributed by atoms with van der Waals surface area (Å²) in [6, 6.07) is 34.0. The predicted molar refractivity (Wildman–Crippen MR) is 170 cm³/mol. The molecule has 2 aliphatic heterocycles. The molecular weight excluding hydrogens is 574 g/mol. The van der Waals surface area contributed by atoms with Crippen LogP contribution in [0.1, 0.15) is 41.1 Å². The normalized spacial score (nSPS) is 21.6. The maximum Gasteiger partial charge on any atom is 0.261 e. The number of piperazine rings is 1. The van der Waals surface area contributed by atoms with Crippen LogP contribution in [-0.2, 0) is 32.6 Å². The lowest BCUT2D eigenvalue weighted by Crippen LogP contribution is -2.49. The van der Waals surface area contributed by atoms with Crippen molar-refractivity contribution in [1.29, 1.82) is 0 Å². The number of aliphatic hydroxyl groups is 1. The minimum Gasteiger partial charge on any atom is -0.392 e. The number of rotatable bonds is 10.